The number of carbonyl (C=O) groups excluding carboxylic acids is 1. The molecule has 36 heavy (non-hydrogen) atoms. The summed E-state index contributed by atoms with van der Waals surface area (Å²) in [6.07, 6.45) is 4.19. The number of rotatable bonds is 9. The molecule has 2 aromatic carbocycles. The van der Waals surface area contributed by atoms with Crippen molar-refractivity contribution in [3.8, 4) is 5.75 Å². The summed E-state index contributed by atoms with van der Waals surface area (Å²) in [7, 11) is 3.88. The average molecular weight is 511 g/mol. The summed E-state index contributed by atoms with van der Waals surface area (Å²) in [4.78, 5) is 15.5. The van der Waals surface area contributed by atoms with Crippen LogP contribution in [0.1, 0.15) is 58.6 Å². The number of benzene rings is 2. The number of carbonyl (C=O) groups is 1. The molecule has 2 atom stereocenters. The van der Waals surface area contributed by atoms with Crippen LogP contribution in [0.5, 0.6) is 5.75 Å². The number of likely N-dealkylation sites (tertiary alicyclic amines) is 1. The number of aryl methyl sites for hydroxylation is 1. The van der Waals surface area contributed by atoms with Crippen molar-refractivity contribution in [2.24, 2.45) is 0 Å². The second-order valence-electron chi connectivity index (χ2n) is 10.3. The molecule has 3 aliphatic rings. The number of hydrogen-bond acceptors (Lipinski definition) is 6. The van der Waals surface area contributed by atoms with Crippen LogP contribution in [0.2, 0.25) is 0 Å². The van der Waals surface area contributed by atoms with Gasteiger partial charge in [0, 0.05) is 37.7 Å². The lowest BCUT2D eigenvalue weighted by Gasteiger charge is -2.30. The summed E-state index contributed by atoms with van der Waals surface area (Å²) < 4.78 is 20.1. The normalized spacial score (nSPS) is 22.8. The van der Waals surface area contributed by atoms with Gasteiger partial charge in [0.15, 0.2) is 0 Å². The zero-order valence-electron chi connectivity index (χ0n) is 21.7. The minimum absolute atomic E-state index is 0.101. The first-order valence-electron chi connectivity index (χ1n) is 13.1. The fourth-order valence-electron chi connectivity index (χ4n) is 5.34. The van der Waals surface area contributed by atoms with Crippen LogP contribution >= 0.6 is 11.9 Å². The standard InChI is InChI=1S/C29H38N2O4S/c1-20-6-4-9-25(22-10-11-22)28(20)29(32)31-17-26(33-3)27(18-31)35-24-8-5-7-21(16-24)19-36-30(2)23-12-14-34-15-13-23/h4-9,16,22-23,26-27H,10-15,17-19H2,1-3H3. The molecule has 5 rings (SSSR count). The second-order valence-corrected chi connectivity index (χ2v) is 11.4. The number of hydrogen-bond donors (Lipinski definition) is 0. The average Bonchev–Trinajstić information content (AvgIpc) is 3.67. The maximum absolute atomic E-state index is 13.6. The van der Waals surface area contributed by atoms with Gasteiger partial charge < -0.3 is 19.1 Å². The Morgan fingerprint density at radius 2 is 1.83 bits per heavy atom. The molecule has 1 amide bonds. The Morgan fingerprint density at radius 3 is 2.58 bits per heavy atom. The van der Waals surface area contributed by atoms with Crippen LogP contribution in [-0.2, 0) is 15.2 Å². The maximum atomic E-state index is 13.6. The van der Waals surface area contributed by atoms with Crippen molar-refractivity contribution in [2.45, 2.75) is 62.5 Å². The quantitative estimate of drug-likeness (QED) is 0.440. The Morgan fingerprint density at radius 1 is 1.08 bits per heavy atom. The molecule has 0 bridgehead atoms. The molecule has 2 aromatic rings. The van der Waals surface area contributed by atoms with Crippen LogP contribution in [0.3, 0.4) is 0 Å². The fourth-order valence-corrected chi connectivity index (χ4v) is 6.29. The third-order valence-electron chi connectivity index (χ3n) is 7.67. The second kappa shape index (κ2) is 11.5. The monoisotopic (exact) mass is 510 g/mol. The van der Waals surface area contributed by atoms with E-state index in [1.54, 1.807) is 7.11 Å². The van der Waals surface area contributed by atoms with Gasteiger partial charge in [-0.25, -0.2) is 0 Å². The van der Waals surface area contributed by atoms with E-state index in [1.807, 2.05) is 35.9 Å². The molecule has 2 saturated heterocycles. The highest BCUT2D eigenvalue weighted by atomic mass is 32.2. The van der Waals surface area contributed by atoms with E-state index in [0.717, 1.165) is 48.7 Å². The van der Waals surface area contributed by atoms with Gasteiger partial charge >= 0.3 is 0 Å². The lowest BCUT2D eigenvalue weighted by molar-refractivity contribution is 0.0339. The van der Waals surface area contributed by atoms with Crippen molar-refractivity contribution in [3.05, 3.63) is 64.7 Å². The highest BCUT2D eigenvalue weighted by Crippen LogP contribution is 2.42. The first-order chi connectivity index (χ1) is 17.5. The zero-order valence-corrected chi connectivity index (χ0v) is 22.5. The Kier molecular flexibility index (Phi) is 8.21. The van der Waals surface area contributed by atoms with E-state index in [4.69, 9.17) is 14.2 Å². The highest BCUT2D eigenvalue weighted by Gasteiger charge is 2.39. The SMILES string of the molecule is COC1CN(C(=O)c2c(C)cccc2C2CC2)CC1Oc1cccc(CSN(C)C2CCOCC2)c1. The molecule has 2 heterocycles. The molecular weight excluding hydrogens is 472 g/mol. The molecule has 2 unspecified atom stereocenters. The molecule has 1 aliphatic carbocycles. The van der Waals surface area contributed by atoms with E-state index in [1.165, 1.54) is 24.0 Å². The molecule has 194 valence electrons. The summed E-state index contributed by atoms with van der Waals surface area (Å²) in [6.45, 7) is 4.82. The van der Waals surface area contributed by atoms with E-state index in [9.17, 15) is 4.79 Å². The third kappa shape index (κ3) is 5.91. The first-order valence-corrected chi connectivity index (χ1v) is 14.1. The highest BCUT2D eigenvalue weighted by molar-refractivity contribution is 7.96. The molecule has 0 spiro atoms. The number of methoxy groups -OCH3 is 1. The minimum Gasteiger partial charge on any atom is -0.486 e. The smallest absolute Gasteiger partial charge is 0.254 e. The van der Waals surface area contributed by atoms with Crippen LogP contribution < -0.4 is 4.74 Å². The van der Waals surface area contributed by atoms with Crippen molar-refractivity contribution >= 4 is 17.9 Å². The van der Waals surface area contributed by atoms with E-state index in [-0.39, 0.29) is 18.1 Å². The number of ether oxygens (including phenoxy) is 3. The van der Waals surface area contributed by atoms with Crippen molar-refractivity contribution < 1.29 is 19.0 Å². The Bertz CT molecular complexity index is 1050. The fraction of sp³-hybridized carbons (Fsp3) is 0.552. The van der Waals surface area contributed by atoms with Gasteiger partial charge in [-0.1, -0.05) is 42.3 Å². The summed E-state index contributed by atoms with van der Waals surface area (Å²) in [5.74, 6) is 2.36. The summed E-state index contributed by atoms with van der Waals surface area (Å²) in [5.41, 5.74) is 4.36. The zero-order chi connectivity index (χ0) is 25.1. The largest absolute Gasteiger partial charge is 0.486 e. The van der Waals surface area contributed by atoms with E-state index in [2.05, 4.69) is 41.7 Å². The van der Waals surface area contributed by atoms with Crippen LogP contribution in [0.4, 0.5) is 0 Å². The van der Waals surface area contributed by atoms with Crippen molar-refractivity contribution in [3.63, 3.8) is 0 Å². The summed E-state index contributed by atoms with van der Waals surface area (Å²) in [5, 5.41) is 0. The van der Waals surface area contributed by atoms with Crippen molar-refractivity contribution in [1.82, 2.24) is 9.21 Å². The van der Waals surface area contributed by atoms with Crippen molar-refractivity contribution in [2.75, 3.05) is 40.5 Å². The Hall–Kier alpha value is -2.06. The van der Waals surface area contributed by atoms with Gasteiger partial charge in [0.2, 0.25) is 0 Å². The lowest BCUT2D eigenvalue weighted by Crippen LogP contribution is -2.32. The summed E-state index contributed by atoms with van der Waals surface area (Å²) in [6, 6.07) is 15.1. The van der Waals surface area contributed by atoms with E-state index < -0.39 is 0 Å². The van der Waals surface area contributed by atoms with Crippen molar-refractivity contribution in [1.29, 1.82) is 0 Å². The Labute approximate surface area is 219 Å². The number of amides is 1. The van der Waals surface area contributed by atoms with Crippen LogP contribution in [0.25, 0.3) is 0 Å². The maximum Gasteiger partial charge on any atom is 0.254 e. The minimum atomic E-state index is -0.194. The van der Waals surface area contributed by atoms with Crippen LogP contribution in [-0.4, -0.2) is 73.8 Å². The van der Waals surface area contributed by atoms with Gasteiger partial charge in [-0.05, 0) is 74.4 Å². The van der Waals surface area contributed by atoms with Gasteiger partial charge in [0.05, 0.1) is 13.1 Å². The first kappa shape index (κ1) is 25.6. The van der Waals surface area contributed by atoms with Gasteiger partial charge in [-0.2, -0.15) is 0 Å². The van der Waals surface area contributed by atoms with Crippen LogP contribution in [0.15, 0.2) is 42.5 Å². The Balaban J connectivity index is 1.22. The molecule has 6 nitrogen and oxygen atoms in total. The van der Waals surface area contributed by atoms with Gasteiger partial charge in [0.25, 0.3) is 5.91 Å². The number of nitrogens with zero attached hydrogens (tertiary/aromatic N) is 2. The van der Waals surface area contributed by atoms with E-state index in [0.29, 0.717) is 25.0 Å². The van der Waals surface area contributed by atoms with Gasteiger partial charge in [-0.3, -0.25) is 9.10 Å². The molecule has 0 radical (unpaired) electrons. The topological polar surface area (TPSA) is 51.2 Å². The summed E-state index contributed by atoms with van der Waals surface area (Å²) >= 11 is 1.85. The third-order valence-corrected chi connectivity index (χ3v) is 8.84. The predicted molar refractivity (Wildman–Crippen MR) is 144 cm³/mol. The molecular formula is C29H38N2O4S. The van der Waals surface area contributed by atoms with Gasteiger partial charge in [0.1, 0.15) is 18.0 Å². The van der Waals surface area contributed by atoms with Crippen LogP contribution in [0, 0.1) is 6.92 Å². The predicted octanol–water partition coefficient (Wildman–Crippen LogP) is 5.05. The molecule has 1 saturated carbocycles. The molecule has 2 aliphatic heterocycles. The van der Waals surface area contributed by atoms with Gasteiger partial charge in [-0.15, -0.1) is 0 Å². The molecule has 0 aromatic heterocycles. The molecule has 3 fully saturated rings. The molecule has 0 N–H and O–H groups in total. The molecule has 7 heteroatoms. The van der Waals surface area contributed by atoms with E-state index >= 15 is 0 Å². The lowest BCUT2D eigenvalue weighted by atomic mass is 9.97.